The summed E-state index contributed by atoms with van der Waals surface area (Å²) < 4.78 is 6.42. The van der Waals surface area contributed by atoms with E-state index in [9.17, 15) is 9.59 Å². The van der Waals surface area contributed by atoms with Crippen molar-refractivity contribution < 1.29 is 14.0 Å². The van der Waals surface area contributed by atoms with Gasteiger partial charge in [0.1, 0.15) is 5.76 Å². The topological polar surface area (TPSA) is 63.4 Å². The largest absolute Gasteiger partial charge is 0.467 e. The molecule has 0 aliphatic heterocycles. The highest BCUT2D eigenvalue weighted by molar-refractivity contribution is 8.14. The molecule has 0 radical (unpaired) electrons. The summed E-state index contributed by atoms with van der Waals surface area (Å²) in [6.45, 7) is 5.83. The molecule has 130 valence electrons. The van der Waals surface area contributed by atoms with Crippen molar-refractivity contribution in [3.05, 3.63) is 47.4 Å². The lowest BCUT2D eigenvalue weighted by Gasteiger charge is -2.18. The van der Waals surface area contributed by atoms with E-state index in [0.717, 1.165) is 27.5 Å². The van der Waals surface area contributed by atoms with Crippen LogP contribution in [0.1, 0.15) is 23.8 Å². The minimum absolute atomic E-state index is 0.0814. The maximum absolute atomic E-state index is 12.7. The molecule has 25 heavy (non-hydrogen) atoms. The van der Waals surface area contributed by atoms with Gasteiger partial charge in [0.05, 0.1) is 28.8 Å². The van der Waals surface area contributed by atoms with Gasteiger partial charge in [-0.25, -0.2) is 4.98 Å². The molecule has 0 unspecified atom stereocenters. The number of anilines is 1. The molecule has 5 nitrogen and oxygen atoms in total. The molecule has 3 rings (SSSR count). The summed E-state index contributed by atoms with van der Waals surface area (Å²) in [7, 11) is 0. The monoisotopic (exact) mass is 374 g/mol. The van der Waals surface area contributed by atoms with Gasteiger partial charge in [0.2, 0.25) is 5.91 Å². The molecule has 3 aromatic rings. The molecule has 0 aliphatic carbocycles. The Balaban J connectivity index is 1.96. The molecule has 0 saturated heterocycles. The number of fused-ring (bicyclic) bond motifs is 1. The summed E-state index contributed by atoms with van der Waals surface area (Å²) in [6.07, 6.45) is 1.58. The molecule has 2 heterocycles. The number of thioether (sulfide) groups is 1. The summed E-state index contributed by atoms with van der Waals surface area (Å²) in [5.74, 6) is 0.600. The predicted molar refractivity (Wildman–Crippen MR) is 102 cm³/mol. The van der Waals surface area contributed by atoms with Gasteiger partial charge in [-0.15, -0.1) is 0 Å². The fourth-order valence-corrected chi connectivity index (χ4v) is 3.92. The molecule has 0 bridgehead atoms. The van der Waals surface area contributed by atoms with E-state index in [4.69, 9.17) is 4.42 Å². The highest BCUT2D eigenvalue weighted by Crippen LogP contribution is 2.33. The van der Waals surface area contributed by atoms with E-state index in [0.29, 0.717) is 17.4 Å². The van der Waals surface area contributed by atoms with Crippen LogP contribution in [0.25, 0.3) is 10.2 Å². The van der Waals surface area contributed by atoms with E-state index in [1.54, 1.807) is 17.2 Å². The van der Waals surface area contributed by atoms with Gasteiger partial charge < -0.3 is 4.42 Å². The Morgan fingerprint density at radius 1 is 1.28 bits per heavy atom. The van der Waals surface area contributed by atoms with Crippen LogP contribution < -0.4 is 4.90 Å². The Labute approximate surface area is 154 Å². The standard InChI is InChI=1S/C18H18N2O3S2/c1-11-6-7-15-17(12(11)2)19-18(25-15)20(9-14-5-4-8-23-14)16(22)10-24-13(3)21/h4-8H,9-10H2,1-3H3. The van der Waals surface area contributed by atoms with E-state index in [1.807, 2.05) is 26.0 Å². The summed E-state index contributed by atoms with van der Waals surface area (Å²) in [6, 6.07) is 7.69. The summed E-state index contributed by atoms with van der Waals surface area (Å²) in [4.78, 5) is 30.2. The Kier molecular flexibility index (Phi) is 5.24. The van der Waals surface area contributed by atoms with Gasteiger partial charge >= 0.3 is 0 Å². The van der Waals surface area contributed by atoms with Crippen LogP contribution in [0.5, 0.6) is 0 Å². The lowest BCUT2D eigenvalue weighted by atomic mass is 10.1. The van der Waals surface area contributed by atoms with Gasteiger partial charge in [0, 0.05) is 6.92 Å². The quantitative estimate of drug-likeness (QED) is 0.665. The van der Waals surface area contributed by atoms with Crippen LogP contribution in [0.3, 0.4) is 0 Å². The zero-order valence-electron chi connectivity index (χ0n) is 14.2. The van der Waals surface area contributed by atoms with Gasteiger partial charge in [-0.05, 0) is 43.2 Å². The van der Waals surface area contributed by atoms with Crippen molar-refractivity contribution in [2.75, 3.05) is 10.7 Å². The number of benzene rings is 1. The predicted octanol–water partition coefficient (Wildman–Crippen LogP) is 4.32. The van der Waals surface area contributed by atoms with Crippen molar-refractivity contribution >= 4 is 49.5 Å². The van der Waals surface area contributed by atoms with Gasteiger partial charge in [-0.1, -0.05) is 29.2 Å². The first-order valence-electron chi connectivity index (χ1n) is 7.78. The fourth-order valence-electron chi connectivity index (χ4n) is 2.39. The van der Waals surface area contributed by atoms with Crippen molar-refractivity contribution in [2.24, 2.45) is 0 Å². The number of furan rings is 1. The minimum atomic E-state index is -0.162. The molecule has 0 N–H and O–H groups in total. The molecule has 0 saturated carbocycles. The maximum atomic E-state index is 12.7. The number of nitrogens with zero attached hydrogens (tertiary/aromatic N) is 2. The van der Waals surface area contributed by atoms with Crippen molar-refractivity contribution in [3.8, 4) is 0 Å². The van der Waals surface area contributed by atoms with Gasteiger partial charge in [0.25, 0.3) is 0 Å². The third kappa shape index (κ3) is 3.93. The van der Waals surface area contributed by atoms with Gasteiger partial charge in [-0.3, -0.25) is 14.5 Å². The number of aromatic nitrogens is 1. The van der Waals surface area contributed by atoms with Crippen molar-refractivity contribution in [3.63, 3.8) is 0 Å². The van der Waals surface area contributed by atoms with E-state index < -0.39 is 0 Å². The third-order valence-electron chi connectivity index (χ3n) is 3.90. The second kappa shape index (κ2) is 7.41. The number of hydrogen-bond donors (Lipinski definition) is 0. The van der Waals surface area contributed by atoms with Crippen LogP contribution in [0.15, 0.2) is 34.9 Å². The number of rotatable bonds is 5. The molecule has 7 heteroatoms. The van der Waals surface area contributed by atoms with Crippen LogP contribution in [0, 0.1) is 13.8 Å². The number of hydrogen-bond acceptors (Lipinski definition) is 6. The zero-order chi connectivity index (χ0) is 18.0. The lowest BCUT2D eigenvalue weighted by molar-refractivity contribution is -0.116. The molecule has 1 amide bonds. The molecule has 2 aromatic heterocycles. The van der Waals surface area contributed by atoms with Crippen LogP contribution >= 0.6 is 23.1 Å². The van der Waals surface area contributed by atoms with Crippen LogP contribution in [0.4, 0.5) is 5.13 Å². The zero-order valence-corrected chi connectivity index (χ0v) is 15.9. The summed E-state index contributed by atoms with van der Waals surface area (Å²) in [5, 5.41) is 0.538. The Hall–Kier alpha value is -2.12. The molecular formula is C18H18N2O3S2. The first-order valence-corrected chi connectivity index (χ1v) is 9.59. The molecule has 0 atom stereocenters. The number of thiazole rings is 1. The molecule has 1 aromatic carbocycles. The second-order valence-electron chi connectivity index (χ2n) is 5.69. The Bertz CT molecular complexity index is 916. The maximum Gasteiger partial charge on any atom is 0.239 e. The number of amides is 1. The molecule has 0 fully saturated rings. The minimum Gasteiger partial charge on any atom is -0.467 e. The number of carbonyl (C=O) groups is 2. The first-order chi connectivity index (χ1) is 12.0. The first kappa shape index (κ1) is 17.7. The average Bonchev–Trinajstić information content (AvgIpc) is 3.23. The number of aryl methyl sites for hydroxylation is 2. The van der Waals surface area contributed by atoms with Crippen LogP contribution in [0.2, 0.25) is 0 Å². The molecular weight excluding hydrogens is 356 g/mol. The summed E-state index contributed by atoms with van der Waals surface area (Å²) in [5.41, 5.74) is 3.19. The number of carbonyl (C=O) groups excluding carboxylic acids is 2. The van der Waals surface area contributed by atoms with E-state index >= 15 is 0 Å². The van der Waals surface area contributed by atoms with Gasteiger partial charge in [0.15, 0.2) is 10.2 Å². The SMILES string of the molecule is CC(=O)SCC(=O)N(Cc1ccco1)c1nc2c(C)c(C)ccc2s1. The van der Waals surface area contributed by atoms with E-state index in [-0.39, 0.29) is 16.8 Å². The normalized spacial score (nSPS) is 11.0. The van der Waals surface area contributed by atoms with Crippen molar-refractivity contribution in [1.82, 2.24) is 4.98 Å². The van der Waals surface area contributed by atoms with Crippen LogP contribution in [-0.4, -0.2) is 21.8 Å². The van der Waals surface area contributed by atoms with E-state index in [2.05, 4.69) is 11.1 Å². The average molecular weight is 374 g/mol. The van der Waals surface area contributed by atoms with E-state index in [1.165, 1.54) is 23.8 Å². The molecule has 0 spiro atoms. The lowest BCUT2D eigenvalue weighted by Crippen LogP contribution is -2.32. The third-order valence-corrected chi connectivity index (χ3v) is 5.74. The van der Waals surface area contributed by atoms with Crippen molar-refractivity contribution in [1.29, 1.82) is 0 Å². The Morgan fingerprint density at radius 2 is 2.08 bits per heavy atom. The highest BCUT2D eigenvalue weighted by Gasteiger charge is 2.22. The molecule has 0 aliphatic rings. The van der Waals surface area contributed by atoms with Gasteiger partial charge in [-0.2, -0.15) is 0 Å². The summed E-state index contributed by atoms with van der Waals surface area (Å²) >= 11 is 2.47. The second-order valence-corrected chi connectivity index (χ2v) is 7.85. The highest BCUT2D eigenvalue weighted by atomic mass is 32.2. The smallest absolute Gasteiger partial charge is 0.239 e. The Morgan fingerprint density at radius 3 is 2.76 bits per heavy atom. The van der Waals surface area contributed by atoms with Crippen molar-refractivity contribution in [2.45, 2.75) is 27.3 Å². The fraction of sp³-hybridized carbons (Fsp3) is 0.278. The van der Waals surface area contributed by atoms with Crippen LogP contribution in [-0.2, 0) is 16.1 Å².